The van der Waals surface area contributed by atoms with Gasteiger partial charge in [-0.3, -0.25) is 15.0 Å². The van der Waals surface area contributed by atoms with Gasteiger partial charge in [-0.15, -0.1) is 0 Å². The molecule has 0 saturated heterocycles. The lowest BCUT2D eigenvalue weighted by atomic mass is 10.1. The van der Waals surface area contributed by atoms with E-state index in [9.17, 15) is 14.5 Å². The van der Waals surface area contributed by atoms with Gasteiger partial charge in [-0.2, -0.15) is 4.39 Å². The summed E-state index contributed by atoms with van der Waals surface area (Å²) in [5, 5.41) is 10.8. The lowest BCUT2D eigenvalue weighted by Crippen LogP contribution is -2.39. The van der Waals surface area contributed by atoms with Gasteiger partial charge in [0.25, 0.3) is 0 Å². The average Bonchev–Trinajstić information content (AvgIpc) is 2.36. The van der Waals surface area contributed by atoms with Gasteiger partial charge in [-0.25, -0.2) is 0 Å². The van der Waals surface area contributed by atoms with E-state index >= 15 is 0 Å². The summed E-state index contributed by atoms with van der Waals surface area (Å²) < 4.78 is 14.1. The molecule has 0 amide bonds. The van der Waals surface area contributed by atoms with E-state index in [-0.39, 0.29) is 6.04 Å². The summed E-state index contributed by atoms with van der Waals surface area (Å²) in [6.07, 6.45) is 0. The molecule has 1 unspecified atom stereocenters. The van der Waals surface area contributed by atoms with Gasteiger partial charge >= 0.3 is 5.69 Å². The van der Waals surface area contributed by atoms with Gasteiger partial charge in [0.2, 0.25) is 5.82 Å². The fourth-order valence-corrected chi connectivity index (χ4v) is 2.27. The molecule has 0 aromatic heterocycles. The van der Waals surface area contributed by atoms with Crippen LogP contribution in [0, 0.1) is 15.9 Å². The van der Waals surface area contributed by atoms with Crippen LogP contribution in [-0.2, 0) is 6.54 Å². The van der Waals surface area contributed by atoms with Crippen LogP contribution >= 0.6 is 0 Å². The first-order valence-corrected chi connectivity index (χ1v) is 6.67. The Balaban J connectivity index is 2.90. The highest BCUT2D eigenvalue weighted by atomic mass is 19.1. The van der Waals surface area contributed by atoms with Gasteiger partial charge < -0.3 is 4.90 Å². The number of nitro groups is 1. The summed E-state index contributed by atoms with van der Waals surface area (Å²) in [6.45, 7) is 6.06. The van der Waals surface area contributed by atoms with Crippen molar-refractivity contribution in [3.63, 3.8) is 0 Å². The molecule has 0 aliphatic heterocycles. The molecule has 0 spiro atoms. The van der Waals surface area contributed by atoms with Crippen molar-refractivity contribution in [2.24, 2.45) is 0 Å². The second-order valence-electron chi connectivity index (χ2n) is 5.18. The predicted octanol–water partition coefficient (Wildman–Crippen LogP) is 2.51. The summed E-state index contributed by atoms with van der Waals surface area (Å²) in [5.74, 6) is -0.729. The zero-order chi connectivity index (χ0) is 15.3. The molecule has 0 radical (unpaired) electrons. The molecule has 0 bridgehead atoms. The SMILES string of the molecule is CCN(Cc1cccc([N+](=O)[O-])c1F)C(C)CN(C)C. The van der Waals surface area contributed by atoms with E-state index < -0.39 is 16.4 Å². The van der Waals surface area contributed by atoms with Crippen LogP contribution < -0.4 is 0 Å². The molecule has 1 rings (SSSR count). The largest absolute Gasteiger partial charge is 0.308 e. The first-order valence-electron chi connectivity index (χ1n) is 6.67. The van der Waals surface area contributed by atoms with Crippen molar-refractivity contribution < 1.29 is 9.31 Å². The van der Waals surface area contributed by atoms with Crippen molar-refractivity contribution in [3.05, 3.63) is 39.7 Å². The van der Waals surface area contributed by atoms with E-state index in [0.717, 1.165) is 13.1 Å². The van der Waals surface area contributed by atoms with Gasteiger partial charge in [0, 0.05) is 30.8 Å². The van der Waals surface area contributed by atoms with Crippen LogP contribution in [0.3, 0.4) is 0 Å². The van der Waals surface area contributed by atoms with Crippen LogP contribution in [-0.4, -0.2) is 47.9 Å². The second kappa shape index (κ2) is 7.31. The Morgan fingerprint density at radius 2 is 2.05 bits per heavy atom. The molecule has 1 aromatic carbocycles. The van der Waals surface area contributed by atoms with Crippen LogP contribution in [0.4, 0.5) is 10.1 Å². The van der Waals surface area contributed by atoms with E-state index in [1.54, 1.807) is 6.07 Å². The number of likely N-dealkylation sites (N-methyl/N-ethyl adjacent to an activating group) is 2. The topological polar surface area (TPSA) is 49.6 Å². The average molecular weight is 283 g/mol. The van der Waals surface area contributed by atoms with Crippen molar-refractivity contribution in [2.45, 2.75) is 26.4 Å². The van der Waals surface area contributed by atoms with Crippen molar-refractivity contribution in [1.82, 2.24) is 9.80 Å². The van der Waals surface area contributed by atoms with E-state index in [1.807, 2.05) is 21.0 Å². The Kier molecular flexibility index (Phi) is 6.04. The van der Waals surface area contributed by atoms with Crippen molar-refractivity contribution in [2.75, 3.05) is 27.2 Å². The quantitative estimate of drug-likeness (QED) is 0.570. The molecule has 0 heterocycles. The summed E-state index contributed by atoms with van der Waals surface area (Å²) in [5.41, 5.74) is -0.0922. The number of hydrogen-bond acceptors (Lipinski definition) is 4. The fraction of sp³-hybridized carbons (Fsp3) is 0.571. The van der Waals surface area contributed by atoms with Crippen LogP contribution in [0.2, 0.25) is 0 Å². The van der Waals surface area contributed by atoms with Gasteiger partial charge in [0.15, 0.2) is 0 Å². The molecule has 0 aliphatic rings. The summed E-state index contributed by atoms with van der Waals surface area (Å²) in [7, 11) is 3.97. The van der Waals surface area contributed by atoms with Gasteiger partial charge in [-0.05, 0) is 27.6 Å². The number of hydrogen-bond donors (Lipinski definition) is 0. The smallest absolute Gasteiger partial charge is 0.305 e. The van der Waals surface area contributed by atoms with Gasteiger partial charge in [0.05, 0.1) is 4.92 Å². The van der Waals surface area contributed by atoms with Gasteiger partial charge in [0.1, 0.15) is 0 Å². The Labute approximate surface area is 119 Å². The number of nitrogens with zero attached hydrogens (tertiary/aromatic N) is 3. The second-order valence-corrected chi connectivity index (χ2v) is 5.18. The van der Waals surface area contributed by atoms with E-state index in [2.05, 4.69) is 16.7 Å². The zero-order valence-electron chi connectivity index (χ0n) is 12.5. The minimum absolute atomic E-state index is 0.244. The first-order chi connectivity index (χ1) is 9.36. The molecule has 0 aliphatic carbocycles. The minimum Gasteiger partial charge on any atom is -0.308 e. The van der Waals surface area contributed by atoms with Crippen LogP contribution in [0.15, 0.2) is 18.2 Å². The standard InChI is InChI=1S/C14H22FN3O2/c1-5-17(11(2)9-16(3)4)10-12-7-6-8-13(14(12)15)18(19)20/h6-8,11H,5,9-10H2,1-4H3. The Morgan fingerprint density at radius 3 is 2.55 bits per heavy atom. The fourth-order valence-electron chi connectivity index (χ4n) is 2.27. The minimum atomic E-state index is -0.729. The summed E-state index contributed by atoms with van der Waals surface area (Å²) in [4.78, 5) is 14.2. The highest BCUT2D eigenvalue weighted by Gasteiger charge is 2.20. The van der Waals surface area contributed by atoms with Gasteiger partial charge in [-0.1, -0.05) is 19.1 Å². The highest BCUT2D eigenvalue weighted by molar-refractivity contribution is 5.36. The first kappa shape index (κ1) is 16.5. The Morgan fingerprint density at radius 1 is 1.40 bits per heavy atom. The highest BCUT2D eigenvalue weighted by Crippen LogP contribution is 2.22. The third-order valence-electron chi connectivity index (χ3n) is 3.29. The summed E-state index contributed by atoms with van der Waals surface area (Å²) in [6, 6.07) is 4.57. The molecule has 0 N–H and O–H groups in total. The number of nitro benzene ring substituents is 1. The van der Waals surface area contributed by atoms with Crippen LogP contribution in [0.25, 0.3) is 0 Å². The monoisotopic (exact) mass is 283 g/mol. The number of halogens is 1. The molecular formula is C14H22FN3O2. The number of benzene rings is 1. The van der Waals surface area contributed by atoms with E-state index in [0.29, 0.717) is 12.1 Å². The Bertz CT molecular complexity index is 466. The third-order valence-corrected chi connectivity index (χ3v) is 3.29. The van der Waals surface area contributed by atoms with Crippen LogP contribution in [0.5, 0.6) is 0 Å². The molecule has 20 heavy (non-hydrogen) atoms. The third kappa shape index (κ3) is 4.25. The molecule has 0 fully saturated rings. The molecular weight excluding hydrogens is 261 g/mol. The van der Waals surface area contributed by atoms with Crippen molar-refractivity contribution in [3.8, 4) is 0 Å². The Hall–Kier alpha value is -1.53. The molecule has 5 nitrogen and oxygen atoms in total. The maximum atomic E-state index is 14.1. The maximum absolute atomic E-state index is 14.1. The van der Waals surface area contributed by atoms with Crippen LogP contribution in [0.1, 0.15) is 19.4 Å². The molecule has 112 valence electrons. The lowest BCUT2D eigenvalue weighted by molar-refractivity contribution is -0.387. The number of rotatable bonds is 7. The molecule has 1 aromatic rings. The van der Waals surface area contributed by atoms with Crippen molar-refractivity contribution in [1.29, 1.82) is 0 Å². The molecule has 6 heteroatoms. The summed E-state index contributed by atoms with van der Waals surface area (Å²) >= 11 is 0. The lowest BCUT2D eigenvalue weighted by Gasteiger charge is -2.30. The predicted molar refractivity (Wildman–Crippen MR) is 77.2 cm³/mol. The van der Waals surface area contributed by atoms with Crippen molar-refractivity contribution >= 4 is 5.69 Å². The van der Waals surface area contributed by atoms with E-state index in [1.165, 1.54) is 12.1 Å². The molecule has 0 saturated carbocycles. The maximum Gasteiger partial charge on any atom is 0.305 e. The zero-order valence-corrected chi connectivity index (χ0v) is 12.5. The molecule has 1 atom stereocenters. The normalized spacial score (nSPS) is 12.9. The van der Waals surface area contributed by atoms with E-state index in [4.69, 9.17) is 0 Å².